The lowest BCUT2D eigenvalue weighted by atomic mass is 10.2. The van der Waals surface area contributed by atoms with Gasteiger partial charge in [0.05, 0.1) is 0 Å². The second kappa shape index (κ2) is 6.42. The zero-order valence-electron chi connectivity index (χ0n) is 8.62. The summed E-state index contributed by atoms with van der Waals surface area (Å²) in [6.45, 7) is 0.447. The minimum absolute atomic E-state index is 0.0723. The van der Waals surface area contributed by atoms with Crippen LogP contribution in [0.15, 0.2) is 24.3 Å². The van der Waals surface area contributed by atoms with E-state index < -0.39 is 0 Å². The quantitative estimate of drug-likeness (QED) is 0.599. The first-order chi connectivity index (χ1) is 7.69. The Morgan fingerprint density at radius 2 is 2.25 bits per heavy atom. The molecule has 0 heterocycles. The second-order valence-corrected chi connectivity index (χ2v) is 3.82. The third-order valence-electron chi connectivity index (χ3n) is 2.01. The van der Waals surface area contributed by atoms with Gasteiger partial charge in [0.2, 0.25) is 5.91 Å². The zero-order valence-corrected chi connectivity index (χ0v) is 10.1. The molecule has 1 aromatic carbocycles. The lowest BCUT2D eigenvalue weighted by Gasteiger charge is -2.21. The molecule has 0 atom stereocenters. The number of alkyl halides is 1. The molecule has 84 valence electrons. The largest absolute Gasteiger partial charge is 0.310 e. The van der Waals surface area contributed by atoms with Gasteiger partial charge in [0.25, 0.3) is 0 Å². The van der Waals surface area contributed by atoms with Crippen LogP contribution in [0.25, 0.3) is 0 Å². The Kier molecular flexibility index (Phi) is 5.18. The molecule has 0 saturated carbocycles. The fourth-order valence-electron chi connectivity index (χ4n) is 1.29. The Morgan fingerprint density at radius 3 is 2.81 bits per heavy atom. The molecule has 0 radical (unpaired) electrons. The van der Waals surface area contributed by atoms with Gasteiger partial charge in [0.1, 0.15) is 5.88 Å². The van der Waals surface area contributed by atoms with Gasteiger partial charge < -0.3 is 4.90 Å². The molecular weight excluding hydrogens is 245 g/mol. The van der Waals surface area contributed by atoms with Gasteiger partial charge in [0, 0.05) is 23.7 Å². The van der Waals surface area contributed by atoms with Crippen LogP contribution in [0.5, 0.6) is 0 Å². The van der Waals surface area contributed by atoms with Crippen LogP contribution in [0, 0.1) is 12.3 Å². The number of amides is 1. The number of carbonyl (C=O) groups excluding carboxylic acids is 1. The number of rotatable bonds is 4. The second-order valence-electron chi connectivity index (χ2n) is 3.11. The zero-order chi connectivity index (χ0) is 12.0. The number of anilines is 1. The van der Waals surface area contributed by atoms with E-state index in [1.807, 2.05) is 0 Å². The number of terminal acetylenes is 1. The van der Waals surface area contributed by atoms with Crippen LogP contribution < -0.4 is 4.90 Å². The highest BCUT2D eigenvalue weighted by Gasteiger charge is 2.13. The van der Waals surface area contributed by atoms with Crippen LogP contribution in [0.4, 0.5) is 5.69 Å². The number of halogens is 2. The van der Waals surface area contributed by atoms with Crippen LogP contribution in [0.2, 0.25) is 5.02 Å². The molecule has 0 unspecified atom stereocenters. The van der Waals surface area contributed by atoms with E-state index in [-0.39, 0.29) is 11.8 Å². The minimum Gasteiger partial charge on any atom is -0.310 e. The summed E-state index contributed by atoms with van der Waals surface area (Å²) in [5.41, 5.74) is 0.716. The molecule has 0 saturated heterocycles. The number of nitrogens with zero attached hydrogens (tertiary/aromatic N) is 1. The van der Waals surface area contributed by atoms with E-state index in [1.54, 1.807) is 29.2 Å². The smallest absolute Gasteiger partial charge is 0.241 e. The van der Waals surface area contributed by atoms with E-state index in [9.17, 15) is 4.79 Å². The maximum Gasteiger partial charge on any atom is 0.241 e. The third-order valence-corrected chi connectivity index (χ3v) is 2.48. The Bertz CT molecular complexity index is 412. The molecule has 1 rings (SSSR count). The fourth-order valence-corrected chi connectivity index (χ4v) is 1.62. The fraction of sp³-hybridized carbons (Fsp3) is 0.250. The summed E-state index contributed by atoms with van der Waals surface area (Å²) in [6, 6.07) is 7.03. The standard InChI is InChI=1S/C12H11Cl2NO/c1-2-3-7-15(12(16)9-13)11-6-4-5-10(14)8-11/h1,4-6,8H,3,7,9H2. The van der Waals surface area contributed by atoms with E-state index in [1.165, 1.54) is 0 Å². The van der Waals surface area contributed by atoms with Crippen molar-refractivity contribution in [3.8, 4) is 12.3 Å². The van der Waals surface area contributed by atoms with Crippen LogP contribution in [0.1, 0.15) is 6.42 Å². The molecule has 0 aromatic heterocycles. The van der Waals surface area contributed by atoms with Crippen LogP contribution in [-0.2, 0) is 4.79 Å². The molecule has 1 amide bonds. The molecule has 16 heavy (non-hydrogen) atoms. The van der Waals surface area contributed by atoms with Crippen molar-refractivity contribution in [2.75, 3.05) is 17.3 Å². The molecular formula is C12H11Cl2NO. The Labute approximate surface area is 105 Å². The van der Waals surface area contributed by atoms with E-state index in [0.29, 0.717) is 23.7 Å². The maximum atomic E-state index is 11.6. The van der Waals surface area contributed by atoms with Gasteiger partial charge >= 0.3 is 0 Å². The lowest BCUT2D eigenvalue weighted by Crippen LogP contribution is -2.32. The predicted molar refractivity (Wildman–Crippen MR) is 68.0 cm³/mol. The molecule has 0 aliphatic rings. The highest BCUT2D eigenvalue weighted by molar-refractivity contribution is 6.31. The Morgan fingerprint density at radius 1 is 1.50 bits per heavy atom. The number of benzene rings is 1. The van der Waals surface area contributed by atoms with Crippen LogP contribution >= 0.6 is 23.2 Å². The molecule has 0 bridgehead atoms. The van der Waals surface area contributed by atoms with Gasteiger partial charge in [-0.2, -0.15) is 0 Å². The predicted octanol–water partition coefficient (Wildman–Crippen LogP) is 2.94. The average molecular weight is 256 g/mol. The van der Waals surface area contributed by atoms with E-state index >= 15 is 0 Å². The van der Waals surface area contributed by atoms with Gasteiger partial charge in [-0.25, -0.2) is 0 Å². The van der Waals surface area contributed by atoms with E-state index in [4.69, 9.17) is 29.6 Å². The van der Waals surface area contributed by atoms with Gasteiger partial charge in [-0.05, 0) is 18.2 Å². The Balaban J connectivity index is 2.92. The molecule has 0 spiro atoms. The molecule has 0 fully saturated rings. The molecule has 0 aliphatic heterocycles. The summed E-state index contributed by atoms with van der Waals surface area (Å²) in [5, 5.41) is 0.575. The molecule has 2 nitrogen and oxygen atoms in total. The SMILES string of the molecule is C#CCCN(C(=O)CCl)c1cccc(Cl)c1. The lowest BCUT2D eigenvalue weighted by molar-refractivity contribution is -0.116. The summed E-state index contributed by atoms with van der Waals surface area (Å²) in [7, 11) is 0. The number of hydrogen-bond donors (Lipinski definition) is 0. The van der Waals surface area contributed by atoms with Gasteiger partial charge in [0.15, 0.2) is 0 Å². The Hall–Kier alpha value is -1.17. The summed E-state index contributed by atoms with van der Waals surface area (Å²) in [6.07, 6.45) is 5.66. The third kappa shape index (κ3) is 3.44. The summed E-state index contributed by atoms with van der Waals surface area (Å²) < 4.78 is 0. The number of carbonyl (C=O) groups is 1. The monoisotopic (exact) mass is 255 g/mol. The average Bonchev–Trinajstić information content (AvgIpc) is 2.29. The molecule has 4 heteroatoms. The van der Waals surface area contributed by atoms with Crippen molar-refractivity contribution in [3.05, 3.63) is 29.3 Å². The summed E-state index contributed by atoms with van der Waals surface area (Å²) >= 11 is 11.4. The first kappa shape index (κ1) is 12.9. The van der Waals surface area contributed by atoms with E-state index in [2.05, 4.69) is 5.92 Å². The normalized spacial score (nSPS) is 9.56. The van der Waals surface area contributed by atoms with Crippen molar-refractivity contribution in [2.24, 2.45) is 0 Å². The molecule has 0 aliphatic carbocycles. The van der Waals surface area contributed by atoms with Crippen molar-refractivity contribution in [1.82, 2.24) is 0 Å². The number of hydrogen-bond acceptors (Lipinski definition) is 1. The van der Waals surface area contributed by atoms with Crippen molar-refractivity contribution in [3.63, 3.8) is 0 Å². The summed E-state index contributed by atoms with van der Waals surface area (Å²) in [5.74, 6) is 2.24. The topological polar surface area (TPSA) is 20.3 Å². The molecule has 1 aromatic rings. The van der Waals surface area contributed by atoms with Crippen molar-refractivity contribution in [1.29, 1.82) is 0 Å². The minimum atomic E-state index is -0.181. The van der Waals surface area contributed by atoms with E-state index in [0.717, 1.165) is 0 Å². The van der Waals surface area contributed by atoms with Crippen molar-refractivity contribution < 1.29 is 4.79 Å². The highest BCUT2D eigenvalue weighted by Crippen LogP contribution is 2.20. The first-order valence-corrected chi connectivity index (χ1v) is 5.65. The van der Waals surface area contributed by atoms with Gasteiger partial charge in [-0.15, -0.1) is 23.9 Å². The van der Waals surface area contributed by atoms with Crippen LogP contribution in [-0.4, -0.2) is 18.3 Å². The van der Waals surface area contributed by atoms with Crippen LogP contribution in [0.3, 0.4) is 0 Å². The molecule has 0 N–H and O–H groups in total. The first-order valence-electron chi connectivity index (χ1n) is 4.74. The van der Waals surface area contributed by atoms with Crippen molar-refractivity contribution >= 4 is 34.8 Å². The van der Waals surface area contributed by atoms with Gasteiger partial charge in [-0.3, -0.25) is 4.79 Å². The maximum absolute atomic E-state index is 11.6. The highest BCUT2D eigenvalue weighted by atomic mass is 35.5. The summed E-state index contributed by atoms with van der Waals surface area (Å²) in [4.78, 5) is 13.2. The van der Waals surface area contributed by atoms with Crippen molar-refractivity contribution in [2.45, 2.75) is 6.42 Å². The van der Waals surface area contributed by atoms with Gasteiger partial charge in [-0.1, -0.05) is 17.7 Å².